The Morgan fingerprint density at radius 3 is 2.52 bits per heavy atom. The van der Waals surface area contributed by atoms with E-state index >= 15 is 0 Å². The van der Waals surface area contributed by atoms with Crippen molar-refractivity contribution in [1.29, 1.82) is 0 Å². The fraction of sp³-hybridized carbons (Fsp3) is 0.941. The minimum absolute atomic E-state index is 0.187. The van der Waals surface area contributed by atoms with Gasteiger partial charge in [0.2, 0.25) is 0 Å². The highest BCUT2D eigenvalue weighted by Crippen LogP contribution is 2.34. The predicted octanol–water partition coefficient (Wildman–Crippen LogP) is 2.34. The summed E-state index contributed by atoms with van der Waals surface area (Å²) >= 11 is 0. The Hall–Kier alpha value is -0.610. The van der Waals surface area contributed by atoms with Crippen molar-refractivity contribution in [2.24, 2.45) is 17.8 Å². The van der Waals surface area contributed by atoms with Crippen molar-refractivity contribution in [3.8, 4) is 0 Å². The Kier molecular flexibility index (Phi) is 4.85. The molecule has 3 rings (SSSR count). The summed E-state index contributed by atoms with van der Waals surface area (Å²) in [6.45, 7) is 5.20. The van der Waals surface area contributed by atoms with E-state index in [2.05, 4.69) is 17.1 Å². The fourth-order valence-electron chi connectivity index (χ4n) is 4.47. The molecule has 2 saturated carbocycles. The molecule has 2 aliphatic carbocycles. The minimum Gasteiger partial charge on any atom is -0.481 e. The molecule has 0 aromatic heterocycles. The predicted molar refractivity (Wildman–Crippen MR) is 83.3 cm³/mol. The molecule has 1 saturated heterocycles. The SMILES string of the molecule is CC1CCC1N1CC(NCC2CCCC2)CC(C(=O)O)C1. The lowest BCUT2D eigenvalue weighted by atomic mass is 9.78. The van der Waals surface area contributed by atoms with E-state index in [0.717, 1.165) is 37.9 Å². The van der Waals surface area contributed by atoms with Crippen molar-refractivity contribution in [2.45, 2.75) is 64.0 Å². The Morgan fingerprint density at radius 2 is 1.95 bits per heavy atom. The number of carboxylic acids is 1. The average Bonchev–Trinajstić information content (AvgIpc) is 2.96. The monoisotopic (exact) mass is 294 g/mol. The van der Waals surface area contributed by atoms with Gasteiger partial charge in [-0.3, -0.25) is 9.69 Å². The molecular formula is C17H30N2O2. The maximum Gasteiger partial charge on any atom is 0.307 e. The zero-order valence-corrected chi connectivity index (χ0v) is 13.3. The molecule has 3 aliphatic rings. The first-order chi connectivity index (χ1) is 10.1. The van der Waals surface area contributed by atoms with Gasteiger partial charge in [0, 0.05) is 25.2 Å². The normalized spacial score (nSPS) is 38.3. The van der Waals surface area contributed by atoms with E-state index in [0.29, 0.717) is 12.1 Å². The van der Waals surface area contributed by atoms with E-state index in [4.69, 9.17) is 0 Å². The Balaban J connectivity index is 1.55. The van der Waals surface area contributed by atoms with E-state index in [1.807, 2.05) is 0 Å². The number of hydrogen-bond acceptors (Lipinski definition) is 3. The number of piperidine rings is 1. The summed E-state index contributed by atoms with van der Waals surface area (Å²) in [6.07, 6.45) is 8.82. The third kappa shape index (κ3) is 3.59. The number of carboxylic acid groups (broad SMARTS) is 1. The minimum atomic E-state index is -0.612. The van der Waals surface area contributed by atoms with Crippen LogP contribution in [0.1, 0.15) is 51.9 Å². The molecule has 120 valence electrons. The number of aliphatic carboxylic acids is 1. The molecule has 0 aromatic rings. The number of nitrogens with zero attached hydrogens (tertiary/aromatic N) is 1. The van der Waals surface area contributed by atoms with Crippen molar-refractivity contribution < 1.29 is 9.90 Å². The molecule has 1 aliphatic heterocycles. The second-order valence-electron chi connectivity index (χ2n) is 7.60. The first-order valence-corrected chi connectivity index (χ1v) is 8.83. The van der Waals surface area contributed by atoms with Crippen LogP contribution in [-0.2, 0) is 4.79 Å². The van der Waals surface area contributed by atoms with Gasteiger partial charge in [0.25, 0.3) is 0 Å². The van der Waals surface area contributed by atoms with Crippen LogP contribution in [0.4, 0.5) is 0 Å². The number of nitrogens with one attached hydrogen (secondary N) is 1. The maximum absolute atomic E-state index is 11.5. The molecule has 4 atom stereocenters. The van der Waals surface area contributed by atoms with Crippen LogP contribution in [0.15, 0.2) is 0 Å². The van der Waals surface area contributed by atoms with Gasteiger partial charge in [0.1, 0.15) is 0 Å². The highest BCUT2D eigenvalue weighted by molar-refractivity contribution is 5.70. The number of likely N-dealkylation sites (tertiary alicyclic amines) is 1. The Morgan fingerprint density at radius 1 is 1.19 bits per heavy atom. The van der Waals surface area contributed by atoms with Crippen molar-refractivity contribution in [2.75, 3.05) is 19.6 Å². The van der Waals surface area contributed by atoms with E-state index < -0.39 is 5.97 Å². The molecule has 1 heterocycles. The summed E-state index contributed by atoms with van der Waals surface area (Å²) in [5.74, 6) is 0.770. The molecule has 4 heteroatoms. The molecule has 2 N–H and O–H groups in total. The summed E-state index contributed by atoms with van der Waals surface area (Å²) in [4.78, 5) is 13.9. The second-order valence-corrected chi connectivity index (χ2v) is 7.60. The molecule has 4 unspecified atom stereocenters. The van der Waals surface area contributed by atoms with Crippen LogP contribution < -0.4 is 5.32 Å². The first-order valence-electron chi connectivity index (χ1n) is 8.83. The van der Waals surface area contributed by atoms with E-state index in [9.17, 15) is 9.90 Å². The topological polar surface area (TPSA) is 52.6 Å². The van der Waals surface area contributed by atoms with Gasteiger partial charge in [-0.05, 0) is 50.5 Å². The van der Waals surface area contributed by atoms with Crippen LogP contribution in [-0.4, -0.2) is 47.7 Å². The smallest absolute Gasteiger partial charge is 0.307 e. The third-order valence-corrected chi connectivity index (χ3v) is 6.04. The highest BCUT2D eigenvalue weighted by atomic mass is 16.4. The largest absolute Gasteiger partial charge is 0.481 e. The van der Waals surface area contributed by atoms with E-state index in [-0.39, 0.29) is 5.92 Å². The molecule has 0 spiro atoms. The molecule has 4 nitrogen and oxygen atoms in total. The van der Waals surface area contributed by atoms with Crippen LogP contribution in [0.5, 0.6) is 0 Å². The first kappa shape index (κ1) is 15.3. The van der Waals surface area contributed by atoms with Gasteiger partial charge < -0.3 is 10.4 Å². The van der Waals surface area contributed by atoms with Crippen LogP contribution in [0.25, 0.3) is 0 Å². The van der Waals surface area contributed by atoms with Gasteiger partial charge >= 0.3 is 5.97 Å². The standard InChI is InChI=1S/C17H30N2O2/c1-12-6-7-16(12)19-10-14(17(20)21)8-15(11-19)18-9-13-4-2-3-5-13/h12-16,18H,2-11H2,1H3,(H,20,21). The maximum atomic E-state index is 11.5. The molecule has 0 amide bonds. The average molecular weight is 294 g/mol. The molecule has 0 radical (unpaired) electrons. The summed E-state index contributed by atoms with van der Waals surface area (Å²) < 4.78 is 0. The van der Waals surface area contributed by atoms with Crippen molar-refractivity contribution in [3.63, 3.8) is 0 Å². The fourth-order valence-corrected chi connectivity index (χ4v) is 4.47. The Bertz CT molecular complexity index is 368. The third-order valence-electron chi connectivity index (χ3n) is 6.04. The summed E-state index contributed by atoms with van der Waals surface area (Å²) in [5, 5.41) is 13.1. The van der Waals surface area contributed by atoms with Gasteiger partial charge in [-0.2, -0.15) is 0 Å². The Labute approximate surface area is 128 Å². The molecule has 0 bridgehead atoms. The summed E-state index contributed by atoms with van der Waals surface area (Å²) in [7, 11) is 0. The number of carbonyl (C=O) groups is 1. The molecule has 0 aromatic carbocycles. The van der Waals surface area contributed by atoms with Crippen molar-refractivity contribution in [1.82, 2.24) is 10.2 Å². The molecule has 21 heavy (non-hydrogen) atoms. The number of hydrogen-bond donors (Lipinski definition) is 2. The zero-order valence-electron chi connectivity index (χ0n) is 13.3. The van der Waals surface area contributed by atoms with Crippen LogP contribution in [0.2, 0.25) is 0 Å². The van der Waals surface area contributed by atoms with Crippen LogP contribution >= 0.6 is 0 Å². The summed E-state index contributed by atoms with van der Waals surface area (Å²) in [5.41, 5.74) is 0. The van der Waals surface area contributed by atoms with Gasteiger partial charge in [-0.1, -0.05) is 19.8 Å². The van der Waals surface area contributed by atoms with E-state index in [1.54, 1.807) is 0 Å². The lowest BCUT2D eigenvalue weighted by molar-refractivity contribution is -0.145. The molecular weight excluding hydrogens is 264 g/mol. The highest BCUT2D eigenvalue weighted by Gasteiger charge is 2.39. The quantitative estimate of drug-likeness (QED) is 0.817. The van der Waals surface area contributed by atoms with Crippen LogP contribution in [0.3, 0.4) is 0 Å². The molecule has 3 fully saturated rings. The van der Waals surface area contributed by atoms with Crippen LogP contribution in [0, 0.1) is 17.8 Å². The number of rotatable bonds is 5. The van der Waals surface area contributed by atoms with Gasteiger partial charge in [-0.25, -0.2) is 0 Å². The zero-order chi connectivity index (χ0) is 14.8. The lowest BCUT2D eigenvalue weighted by Crippen LogP contribution is -2.58. The summed E-state index contributed by atoms with van der Waals surface area (Å²) in [6, 6.07) is 0.996. The van der Waals surface area contributed by atoms with Gasteiger partial charge in [-0.15, -0.1) is 0 Å². The lowest BCUT2D eigenvalue weighted by Gasteiger charge is -2.48. The second kappa shape index (κ2) is 6.66. The van der Waals surface area contributed by atoms with Crippen molar-refractivity contribution >= 4 is 5.97 Å². The van der Waals surface area contributed by atoms with Gasteiger partial charge in [0.05, 0.1) is 5.92 Å². The van der Waals surface area contributed by atoms with Gasteiger partial charge in [0.15, 0.2) is 0 Å². The van der Waals surface area contributed by atoms with Crippen molar-refractivity contribution in [3.05, 3.63) is 0 Å². The van der Waals surface area contributed by atoms with E-state index in [1.165, 1.54) is 38.5 Å².